The summed E-state index contributed by atoms with van der Waals surface area (Å²) in [7, 11) is 1.76. The first-order valence-corrected chi connectivity index (χ1v) is 7.33. The molecule has 2 aromatic carbocycles. The van der Waals surface area contributed by atoms with Gasteiger partial charge in [-0.25, -0.2) is 8.78 Å². The Labute approximate surface area is 129 Å². The van der Waals surface area contributed by atoms with Crippen molar-refractivity contribution in [3.63, 3.8) is 0 Å². The number of amides is 1. The highest BCUT2D eigenvalue weighted by Crippen LogP contribution is 2.40. The van der Waals surface area contributed by atoms with Crippen LogP contribution in [0.1, 0.15) is 40.2 Å². The molecule has 112 valence electrons. The quantitative estimate of drug-likeness (QED) is 0.867. The van der Waals surface area contributed by atoms with Gasteiger partial charge in [-0.1, -0.05) is 11.5 Å². The second-order valence-corrected chi connectivity index (χ2v) is 5.86. The van der Waals surface area contributed by atoms with E-state index < -0.39 is 17.5 Å². The van der Waals surface area contributed by atoms with Crippen LogP contribution in [0.5, 0.6) is 0 Å². The van der Waals surface area contributed by atoms with Gasteiger partial charge in [0.2, 0.25) is 0 Å². The minimum atomic E-state index is -0.562. The smallest absolute Gasteiger partial charge is 0.258 e. The minimum absolute atomic E-state index is 0.0225. The van der Waals surface area contributed by atoms with Crippen molar-refractivity contribution in [2.45, 2.75) is 25.7 Å². The van der Waals surface area contributed by atoms with Crippen LogP contribution in [0.3, 0.4) is 0 Å². The van der Waals surface area contributed by atoms with E-state index >= 15 is 0 Å². The second kappa shape index (κ2) is 5.56. The van der Waals surface area contributed by atoms with Crippen molar-refractivity contribution in [3.8, 4) is 0 Å². The molecule has 0 aromatic heterocycles. The van der Waals surface area contributed by atoms with Crippen LogP contribution in [-0.2, 0) is 0 Å². The van der Waals surface area contributed by atoms with Crippen molar-refractivity contribution >= 4 is 24.9 Å². The maximum atomic E-state index is 14.1. The summed E-state index contributed by atoms with van der Waals surface area (Å²) in [6.45, 7) is 1.79. The number of benzene rings is 2. The van der Waals surface area contributed by atoms with Gasteiger partial charge in [0.15, 0.2) is 0 Å². The Morgan fingerprint density at radius 2 is 1.95 bits per heavy atom. The highest BCUT2D eigenvalue weighted by molar-refractivity contribution is 6.34. The molecule has 0 atom stereocenters. The predicted molar refractivity (Wildman–Crippen MR) is 85.6 cm³/mol. The molecule has 2 nitrogen and oxygen atoms in total. The minimum Gasteiger partial charge on any atom is -0.322 e. The van der Waals surface area contributed by atoms with E-state index in [-0.39, 0.29) is 5.56 Å². The van der Waals surface area contributed by atoms with E-state index in [1.54, 1.807) is 20.8 Å². The van der Waals surface area contributed by atoms with Crippen LogP contribution in [-0.4, -0.2) is 13.8 Å². The third-order valence-electron chi connectivity index (χ3n) is 4.17. The molecule has 0 unspecified atom stereocenters. The maximum Gasteiger partial charge on any atom is 0.258 e. The summed E-state index contributed by atoms with van der Waals surface area (Å²) in [5, 5.41) is 2.59. The summed E-state index contributed by atoms with van der Waals surface area (Å²) in [6.07, 6.45) is 2.15. The Morgan fingerprint density at radius 1 is 1.23 bits per heavy atom. The summed E-state index contributed by atoms with van der Waals surface area (Å²) in [4.78, 5) is 12.2. The number of anilines is 1. The Hall–Kier alpha value is -2.17. The molecular weight excluding hydrogens is 283 g/mol. The van der Waals surface area contributed by atoms with Crippen LogP contribution < -0.4 is 10.8 Å². The van der Waals surface area contributed by atoms with E-state index in [9.17, 15) is 13.6 Å². The zero-order valence-electron chi connectivity index (χ0n) is 12.5. The lowest BCUT2D eigenvalue weighted by molar-refractivity contribution is 0.102. The third-order valence-corrected chi connectivity index (χ3v) is 4.17. The molecular formula is C17H16BF2NO. The Balaban J connectivity index is 1.85. The van der Waals surface area contributed by atoms with Crippen molar-refractivity contribution in [1.29, 1.82) is 0 Å². The van der Waals surface area contributed by atoms with Gasteiger partial charge in [0.1, 0.15) is 19.5 Å². The van der Waals surface area contributed by atoms with Crippen LogP contribution in [0.4, 0.5) is 14.5 Å². The van der Waals surface area contributed by atoms with Gasteiger partial charge in [-0.05, 0) is 61.1 Å². The van der Waals surface area contributed by atoms with Crippen molar-refractivity contribution < 1.29 is 13.6 Å². The number of hydrogen-bond acceptors (Lipinski definition) is 1. The molecule has 0 radical (unpaired) electrons. The highest BCUT2D eigenvalue weighted by Gasteiger charge is 2.25. The van der Waals surface area contributed by atoms with E-state index in [1.807, 2.05) is 0 Å². The van der Waals surface area contributed by atoms with Crippen molar-refractivity contribution in [1.82, 2.24) is 0 Å². The molecule has 0 saturated heterocycles. The van der Waals surface area contributed by atoms with Gasteiger partial charge < -0.3 is 5.32 Å². The first-order chi connectivity index (χ1) is 10.5. The average Bonchev–Trinajstić information content (AvgIpc) is 3.28. The van der Waals surface area contributed by atoms with Gasteiger partial charge in [-0.2, -0.15) is 0 Å². The monoisotopic (exact) mass is 299 g/mol. The summed E-state index contributed by atoms with van der Waals surface area (Å²) < 4.78 is 27.6. The zero-order chi connectivity index (χ0) is 15.9. The lowest BCUT2D eigenvalue weighted by Crippen LogP contribution is -2.18. The van der Waals surface area contributed by atoms with Gasteiger partial charge in [-0.15, -0.1) is 0 Å². The van der Waals surface area contributed by atoms with Crippen LogP contribution >= 0.6 is 0 Å². The van der Waals surface area contributed by atoms with Gasteiger partial charge in [0.25, 0.3) is 5.91 Å². The number of nitrogens with one attached hydrogen (secondary N) is 1. The van der Waals surface area contributed by atoms with Crippen LogP contribution in [0.2, 0.25) is 0 Å². The fraction of sp³-hybridized carbons (Fsp3) is 0.235. The number of rotatable bonds is 3. The van der Waals surface area contributed by atoms with Gasteiger partial charge in [-0.3, -0.25) is 4.79 Å². The van der Waals surface area contributed by atoms with Crippen molar-refractivity contribution in [3.05, 3.63) is 58.7 Å². The molecule has 1 aliphatic rings. The lowest BCUT2D eigenvalue weighted by Gasteiger charge is -2.12. The molecule has 2 aromatic rings. The van der Waals surface area contributed by atoms with Crippen molar-refractivity contribution in [2.75, 3.05) is 5.32 Å². The second-order valence-electron chi connectivity index (χ2n) is 5.86. The first kappa shape index (κ1) is 14.8. The molecule has 1 fully saturated rings. The van der Waals surface area contributed by atoms with Gasteiger partial charge in [0.05, 0.1) is 5.56 Å². The summed E-state index contributed by atoms with van der Waals surface area (Å²) in [6, 6.07) is 7.36. The Bertz CT molecular complexity index is 757. The van der Waals surface area contributed by atoms with Crippen LogP contribution in [0.25, 0.3) is 0 Å². The molecule has 1 aliphatic carbocycles. The summed E-state index contributed by atoms with van der Waals surface area (Å²) in [5.41, 5.74) is 2.79. The number of carbonyl (C=O) groups is 1. The molecule has 0 bridgehead atoms. The normalized spacial score (nSPS) is 14.0. The number of halogens is 2. The fourth-order valence-electron chi connectivity index (χ4n) is 2.52. The Morgan fingerprint density at radius 3 is 2.59 bits per heavy atom. The zero-order valence-corrected chi connectivity index (χ0v) is 12.5. The molecule has 1 N–H and O–H groups in total. The average molecular weight is 299 g/mol. The summed E-state index contributed by atoms with van der Waals surface area (Å²) in [5.74, 6) is -1.09. The van der Waals surface area contributed by atoms with E-state index in [0.717, 1.165) is 29.4 Å². The SMILES string of the molecule is Bc1cc(F)cc(NC(=O)c2ccc(C3CC3)cc2F)c1C. The largest absolute Gasteiger partial charge is 0.322 e. The van der Waals surface area contributed by atoms with Crippen molar-refractivity contribution in [2.24, 2.45) is 0 Å². The van der Waals surface area contributed by atoms with Gasteiger partial charge in [0, 0.05) is 5.69 Å². The number of hydrogen-bond donors (Lipinski definition) is 1. The topological polar surface area (TPSA) is 29.1 Å². The van der Waals surface area contributed by atoms with E-state index in [2.05, 4.69) is 5.32 Å². The molecule has 5 heteroatoms. The predicted octanol–water partition coefficient (Wildman–Crippen LogP) is 2.66. The summed E-state index contributed by atoms with van der Waals surface area (Å²) >= 11 is 0. The third kappa shape index (κ3) is 2.89. The standard InChI is InChI=1S/C17H16BF2NO/c1-9-14(18)7-12(19)8-16(9)21-17(22)13-5-4-11(6-15(13)20)10-2-3-10/h4-8,10H,2-3,18H2,1H3,(H,21,22). The van der Waals surface area contributed by atoms with E-state index in [4.69, 9.17) is 0 Å². The van der Waals surface area contributed by atoms with E-state index in [0.29, 0.717) is 11.6 Å². The molecule has 0 aliphatic heterocycles. The fourth-order valence-corrected chi connectivity index (χ4v) is 2.52. The van der Waals surface area contributed by atoms with E-state index in [1.165, 1.54) is 24.3 Å². The molecule has 0 spiro atoms. The first-order valence-electron chi connectivity index (χ1n) is 7.33. The highest BCUT2D eigenvalue weighted by atomic mass is 19.1. The molecule has 22 heavy (non-hydrogen) atoms. The number of carbonyl (C=O) groups excluding carboxylic acids is 1. The molecule has 0 heterocycles. The van der Waals surface area contributed by atoms with Gasteiger partial charge >= 0.3 is 0 Å². The van der Waals surface area contributed by atoms with Crippen LogP contribution in [0, 0.1) is 18.6 Å². The lowest BCUT2D eigenvalue weighted by atomic mass is 9.90. The molecule has 1 saturated carbocycles. The Kier molecular flexibility index (Phi) is 3.73. The molecule has 1 amide bonds. The molecule has 3 rings (SSSR count). The van der Waals surface area contributed by atoms with Crippen LogP contribution in [0.15, 0.2) is 30.3 Å². The maximum absolute atomic E-state index is 14.1.